The second-order valence-electron chi connectivity index (χ2n) is 8.90. The van der Waals surface area contributed by atoms with Crippen LogP contribution in [0.15, 0.2) is 68.2 Å². The van der Waals surface area contributed by atoms with Gasteiger partial charge in [-0.05, 0) is 32.0 Å². The van der Waals surface area contributed by atoms with E-state index >= 15 is 0 Å². The molecule has 0 bridgehead atoms. The Hall–Kier alpha value is -4.25. The second-order valence-corrected chi connectivity index (χ2v) is 8.90. The summed E-state index contributed by atoms with van der Waals surface area (Å²) in [6.07, 6.45) is 3.74. The highest BCUT2D eigenvalue weighted by atomic mass is 16.5. The highest BCUT2D eigenvalue weighted by molar-refractivity contribution is 6.20. The molecular weight excluding hydrogens is 414 g/mol. The van der Waals surface area contributed by atoms with E-state index in [2.05, 4.69) is 49.9 Å². The van der Waals surface area contributed by atoms with E-state index in [-0.39, 0.29) is 0 Å². The van der Waals surface area contributed by atoms with Gasteiger partial charge in [0.25, 0.3) is 5.78 Å². The van der Waals surface area contributed by atoms with Crippen LogP contribution in [0.3, 0.4) is 0 Å². The third kappa shape index (κ3) is 1.93. The molecule has 0 spiro atoms. The van der Waals surface area contributed by atoms with Gasteiger partial charge in [0.1, 0.15) is 40.7 Å². The van der Waals surface area contributed by atoms with Crippen molar-refractivity contribution in [3.05, 3.63) is 66.1 Å². The van der Waals surface area contributed by atoms with Gasteiger partial charge >= 0.3 is 0 Å². The number of aryl methyl sites for hydroxylation is 3. The average Bonchev–Trinajstić information content (AvgIpc) is 3.52. The van der Waals surface area contributed by atoms with Crippen molar-refractivity contribution < 1.29 is 22.6 Å². The minimum Gasteiger partial charge on any atom is -0.456 e. The third-order valence-electron chi connectivity index (χ3n) is 7.15. The molecule has 158 valence electrons. The van der Waals surface area contributed by atoms with E-state index in [1.807, 2.05) is 24.3 Å². The maximum atomic E-state index is 6.72. The van der Waals surface area contributed by atoms with Crippen LogP contribution >= 0.6 is 0 Å². The summed E-state index contributed by atoms with van der Waals surface area (Å²) < 4.78 is 26.9. The Kier molecular flexibility index (Phi) is 2.92. The number of pyridine rings is 1. The maximum absolute atomic E-state index is 6.72. The summed E-state index contributed by atoms with van der Waals surface area (Å²) in [6, 6.07) is 14.3. The summed E-state index contributed by atoms with van der Waals surface area (Å²) in [5.41, 5.74) is 6.93. The predicted molar refractivity (Wildman–Crippen MR) is 127 cm³/mol. The predicted octanol–water partition coefficient (Wildman–Crippen LogP) is 7.45. The molecule has 0 N–H and O–H groups in total. The van der Waals surface area contributed by atoms with E-state index in [1.54, 1.807) is 6.26 Å². The maximum Gasteiger partial charge on any atom is 0.298 e. The Labute approximate surface area is 187 Å². The molecule has 1 aliphatic rings. The lowest BCUT2D eigenvalue weighted by atomic mass is 9.90. The molecule has 0 atom stereocenters. The molecule has 8 rings (SSSR count). The summed E-state index contributed by atoms with van der Waals surface area (Å²) in [4.78, 5) is 0. The number of ether oxygens (including phenoxy) is 1. The zero-order valence-electron chi connectivity index (χ0n) is 18.3. The molecule has 0 aliphatic carbocycles. The molecular formula is C28H18NO4+. The topological polar surface area (TPSA) is 52.5 Å². The zero-order chi connectivity index (χ0) is 22.0. The van der Waals surface area contributed by atoms with Gasteiger partial charge in [-0.15, -0.1) is 0 Å². The number of fused-ring (bicyclic) bond motifs is 9. The van der Waals surface area contributed by atoms with Crippen molar-refractivity contribution in [1.29, 1.82) is 0 Å². The summed E-state index contributed by atoms with van der Waals surface area (Å²) >= 11 is 0. The molecule has 0 saturated heterocycles. The van der Waals surface area contributed by atoms with E-state index < -0.39 is 0 Å². The van der Waals surface area contributed by atoms with E-state index in [1.165, 1.54) is 0 Å². The van der Waals surface area contributed by atoms with Crippen LogP contribution in [-0.2, 0) is 7.05 Å². The smallest absolute Gasteiger partial charge is 0.298 e. The lowest BCUT2D eigenvalue weighted by molar-refractivity contribution is -0.659. The minimum atomic E-state index is 0.534. The number of benzene rings is 3. The van der Waals surface area contributed by atoms with Gasteiger partial charge in [0, 0.05) is 38.7 Å². The van der Waals surface area contributed by atoms with Crippen LogP contribution in [0.1, 0.15) is 11.1 Å². The third-order valence-corrected chi connectivity index (χ3v) is 7.15. The Morgan fingerprint density at radius 3 is 2.58 bits per heavy atom. The Morgan fingerprint density at radius 1 is 0.788 bits per heavy atom. The number of furan rings is 3. The Morgan fingerprint density at radius 2 is 1.67 bits per heavy atom. The van der Waals surface area contributed by atoms with E-state index in [0.29, 0.717) is 5.78 Å². The molecule has 0 radical (unpaired) electrons. The first-order valence-corrected chi connectivity index (χ1v) is 11.0. The van der Waals surface area contributed by atoms with Crippen LogP contribution in [0.25, 0.3) is 66.1 Å². The van der Waals surface area contributed by atoms with Gasteiger partial charge in [0.2, 0.25) is 5.69 Å². The number of para-hydroxylation sites is 1. The molecule has 0 fully saturated rings. The molecule has 0 amide bonds. The number of hydrogen-bond acceptors (Lipinski definition) is 4. The van der Waals surface area contributed by atoms with Crippen molar-refractivity contribution >= 4 is 54.8 Å². The largest absolute Gasteiger partial charge is 0.456 e. The van der Waals surface area contributed by atoms with Crippen molar-refractivity contribution in [2.24, 2.45) is 7.05 Å². The first-order valence-electron chi connectivity index (χ1n) is 11.0. The summed E-state index contributed by atoms with van der Waals surface area (Å²) in [5.74, 6) is 2.24. The SMILES string of the molecule is Cc1c2c(c(C)c3c1oc1ccccc13)Oc1cc3c4ccoc4oc3c3cc[n+](C)c-2c13. The van der Waals surface area contributed by atoms with Gasteiger partial charge in [-0.25, -0.2) is 4.57 Å². The number of hydrogen-bond donors (Lipinski definition) is 0. The number of rotatable bonds is 0. The number of nitrogens with zero attached hydrogens (tertiary/aromatic N) is 1. The molecule has 33 heavy (non-hydrogen) atoms. The highest BCUT2D eigenvalue weighted by Gasteiger charge is 2.34. The molecule has 3 aromatic carbocycles. The lowest BCUT2D eigenvalue weighted by Crippen LogP contribution is -2.32. The summed E-state index contributed by atoms with van der Waals surface area (Å²) in [7, 11) is 2.07. The molecule has 5 heterocycles. The molecule has 0 unspecified atom stereocenters. The lowest BCUT2D eigenvalue weighted by Gasteiger charge is -2.22. The number of aromatic nitrogens is 1. The van der Waals surface area contributed by atoms with Gasteiger partial charge in [-0.3, -0.25) is 0 Å². The highest BCUT2D eigenvalue weighted by Crippen LogP contribution is 2.53. The van der Waals surface area contributed by atoms with E-state index in [9.17, 15) is 0 Å². The first kappa shape index (κ1) is 17.3. The van der Waals surface area contributed by atoms with Crippen LogP contribution < -0.4 is 9.30 Å². The van der Waals surface area contributed by atoms with Crippen molar-refractivity contribution in [1.82, 2.24) is 0 Å². The van der Waals surface area contributed by atoms with Crippen molar-refractivity contribution in [3.8, 4) is 22.8 Å². The second kappa shape index (κ2) is 5.56. The molecule has 5 nitrogen and oxygen atoms in total. The molecule has 7 aromatic rings. The van der Waals surface area contributed by atoms with Crippen LogP contribution in [0.2, 0.25) is 0 Å². The summed E-state index contributed by atoms with van der Waals surface area (Å²) in [5, 5.41) is 6.22. The monoisotopic (exact) mass is 432 g/mol. The Bertz CT molecular complexity index is 1980. The van der Waals surface area contributed by atoms with Gasteiger partial charge in [-0.2, -0.15) is 0 Å². The van der Waals surface area contributed by atoms with Crippen LogP contribution in [-0.4, -0.2) is 0 Å². The zero-order valence-corrected chi connectivity index (χ0v) is 18.3. The van der Waals surface area contributed by atoms with Gasteiger partial charge in [0.15, 0.2) is 6.20 Å². The van der Waals surface area contributed by atoms with Gasteiger partial charge in [0.05, 0.1) is 17.2 Å². The standard InChI is InChI=1S/C28H18NO4/c1-13-21-16-6-4-5-7-19(16)31-25(21)14(2)22-24-23-17(8-10-29(24)3)27-18(12-20(23)32-26(13)22)15-9-11-30-28(15)33-27/h4-12H,1-3H3/q+1. The van der Waals surface area contributed by atoms with Crippen molar-refractivity contribution in [3.63, 3.8) is 0 Å². The van der Waals surface area contributed by atoms with E-state index in [4.69, 9.17) is 18.0 Å². The van der Waals surface area contributed by atoms with Crippen LogP contribution in [0.5, 0.6) is 11.5 Å². The van der Waals surface area contributed by atoms with Crippen molar-refractivity contribution in [2.45, 2.75) is 13.8 Å². The van der Waals surface area contributed by atoms with Crippen molar-refractivity contribution in [2.75, 3.05) is 0 Å². The molecule has 1 aliphatic heterocycles. The molecule has 5 heteroatoms. The normalized spacial score (nSPS) is 12.9. The fourth-order valence-corrected chi connectivity index (χ4v) is 5.65. The fourth-order valence-electron chi connectivity index (χ4n) is 5.65. The van der Waals surface area contributed by atoms with Gasteiger partial charge < -0.3 is 18.0 Å². The first-order chi connectivity index (χ1) is 16.1. The van der Waals surface area contributed by atoms with Gasteiger partial charge in [-0.1, -0.05) is 18.2 Å². The summed E-state index contributed by atoms with van der Waals surface area (Å²) in [6.45, 7) is 4.24. The minimum absolute atomic E-state index is 0.534. The fraction of sp³-hybridized carbons (Fsp3) is 0.107. The molecule has 4 aromatic heterocycles. The quantitative estimate of drug-likeness (QED) is 0.234. The Balaban J connectivity index is 1.60. The van der Waals surface area contributed by atoms with E-state index in [0.717, 1.165) is 82.9 Å². The van der Waals surface area contributed by atoms with Crippen LogP contribution in [0, 0.1) is 13.8 Å². The van der Waals surface area contributed by atoms with Crippen LogP contribution in [0.4, 0.5) is 0 Å². The average molecular weight is 432 g/mol. The molecule has 0 saturated carbocycles.